The van der Waals surface area contributed by atoms with Crippen molar-refractivity contribution >= 4 is 28.6 Å². The fourth-order valence-electron chi connectivity index (χ4n) is 3.17. The van der Waals surface area contributed by atoms with Crippen LogP contribution in [-0.4, -0.2) is 26.8 Å². The van der Waals surface area contributed by atoms with Crippen molar-refractivity contribution in [1.29, 1.82) is 5.26 Å². The van der Waals surface area contributed by atoms with Crippen molar-refractivity contribution in [1.82, 2.24) is 14.9 Å². The van der Waals surface area contributed by atoms with Crippen molar-refractivity contribution in [2.45, 2.75) is 43.3 Å². The van der Waals surface area contributed by atoms with Gasteiger partial charge in [-0.05, 0) is 44.7 Å². The molecule has 1 fully saturated rings. The van der Waals surface area contributed by atoms with E-state index >= 15 is 0 Å². The molecule has 1 N–H and O–H groups in total. The summed E-state index contributed by atoms with van der Waals surface area (Å²) in [5.41, 5.74) is 0.782. The third-order valence-corrected chi connectivity index (χ3v) is 5.60. The normalized spacial score (nSPS) is 15.9. The van der Waals surface area contributed by atoms with Gasteiger partial charge < -0.3 is 5.32 Å². The number of benzene rings is 1. The van der Waals surface area contributed by atoms with Crippen molar-refractivity contribution in [2.24, 2.45) is 7.05 Å². The van der Waals surface area contributed by atoms with Crippen molar-refractivity contribution < 1.29 is 4.79 Å². The topological polar surface area (TPSA) is 87.8 Å². The largest absolute Gasteiger partial charge is 0.337 e. The lowest BCUT2D eigenvalue weighted by Gasteiger charge is -2.21. The number of thioether (sulfide) groups is 1. The van der Waals surface area contributed by atoms with Crippen LogP contribution in [0.15, 0.2) is 28.2 Å². The third-order valence-electron chi connectivity index (χ3n) is 4.57. The minimum Gasteiger partial charge on any atom is -0.337 e. The van der Waals surface area contributed by atoms with E-state index in [9.17, 15) is 14.9 Å². The molecule has 130 valence electrons. The van der Waals surface area contributed by atoms with Gasteiger partial charge in [0, 0.05) is 7.05 Å². The lowest BCUT2D eigenvalue weighted by Crippen LogP contribution is -2.45. The Kier molecular flexibility index (Phi) is 4.82. The molecular weight excluding hydrogens is 336 g/mol. The Morgan fingerprint density at radius 3 is 2.84 bits per heavy atom. The lowest BCUT2D eigenvalue weighted by atomic mass is 10.0. The average molecular weight is 356 g/mol. The van der Waals surface area contributed by atoms with Crippen molar-refractivity contribution in [3.63, 3.8) is 0 Å². The molecule has 1 heterocycles. The first-order valence-corrected chi connectivity index (χ1v) is 9.25. The van der Waals surface area contributed by atoms with Gasteiger partial charge in [-0.1, -0.05) is 23.4 Å². The van der Waals surface area contributed by atoms with Crippen LogP contribution in [0.25, 0.3) is 10.9 Å². The van der Waals surface area contributed by atoms with Gasteiger partial charge in [-0.3, -0.25) is 14.2 Å². The van der Waals surface area contributed by atoms with Gasteiger partial charge in [-0.15, -0.1) is 0 Å². The highest BCUT2D eigenvalue weighted by Gasteiger charge is 2.35. The summed E-state index contributed by atoms with van der Waals surface area (Å²) in [5, 5.41) is 13.3. The molecule has 6 nitrogen and oxygen atoms in total. The number of nitriles is 1. The lowest BCUT2D eigenvalue weighted by molar-refractivity contribution is -0.119. The Morgan fingerprint density at radius 1 is 1.44 bits per heavy atom. The zero-order valence-electron chi connectivity index (χ0n) is 14.3. The molecule has 1 aliphatic carbocycles. The van der Waals surface area contributed by atoms with E-state index in [4.69, 9.17) is 0 Å². The summed E-state index contributed by atoms with van der Waals surface area (Å²) < 4.78 is 1.47. The van der Waals surface area contributed by atoms with Gasteiger partial charge in [0.25, 0.3) is 5.56 Å². The Labute approximate surface area is 150 Å². The average Bonchev–Trinajstić information content (AvgIpc) is 3.06. The molecule has 0 atom stereocenters. The molecule has 0 bridgehead atoms. The smallest absolute Gasteiger partial charge is 0.261 e. The van der Waals surface area contributed by atoms with Gasteiger partial charge in [0.15, 0.2) is 5.16 Å². The molecule has 0 unspecified atom stereocenters. The maximum atomic E-state index is 12.5. The SMILES string of the molecule is Cc1ccc2nc(SCC(=O)NC3(C#N)CCCC3)n(C)c(=O)c2c1. The Hall–Kier alpha value is -2.33. The number of aryl methyl sites for hydroxylation is 1. The second kappa shape index (κ2) is 6.89. The van der Waals surface area contributed by atoms with Gasteiger partial charge in [0.2, 0.25) is 5.91 Å². The summed E-state index contributed by atoms with van der Waals surface area (Å²) in [4.78, 5) is 29.2. The van der Waals surface area contributed by atoms with Crippen LogP contribution in [0.2, 0.25) is 0 Å². The van der Waals surface area contributed by atoms with E-state index in [0.29, 0.717) is 28.9 Å². The monoisotopic (exact) mass is 356 g/mol. The number of carbonyl (C=O) groups is 1. The minimum atomic E-state index is -0.724. The van der Waals surface area contributed by atoms with Crippen molar-refractivity contribution in [3.8, 4) is 6.07 Å². The van der Waals surface area contributed by atoms with Gasteiger partial charge in [-0.2, -0.15) is 5.26 Å². The number of aromatic nitrogens is 2. The first kappa shape index (κ1) is 17.5. The van der Waals surface area contributed by atoms with Gasteiger partial charge in [-0.25, -0.2) is 4.98 Å². The zero-order chi connectivity index (χ0) is 18.0. The molecule has 1 aromatic heterocycles. The van der Waals surface area contributed by atoms with Crippen LogP contribution >= 0.6 is 11.8 Å². The van der Waals surface area contributed by atoms with E-state index in [1.807, 2.05) is 25.1 Å². The summed E-state index contributed by atoms with van der Waals surface area (Å²) in [6.45, 7) is 1.93. The van der Waals surface area contributed by atoms with Crippen LogP contribution in [0.3, 0.4) is 0 Å². The van der Waals surface area contributed by atoms with E-state index in [0.717, 1.165) is 18.4 Å². The number of hydrogen-bond donors (Lipinski definition) is 1. The summed E-state index contributed by atoms with van der Waals surface area (Å²) in [6.07, 6.45) is 3.32. The van der Waals surface area contributed by atoms with E-state index in [2.05, 4.69) is 16.4 Å². The molecule has 1 saturated carbocycles. The van der Waals surface area contributed by atoms with E-state index in [1.165, 1.54) is 16.3 Å². The Balaban J connectivity index is 1.76. The second-order valence-electron chi connectivity index (χ2n) is 6.52. The van der Waals surface area contributed by atoms with Gasteiger partial charge in [0.1, 0.15) is 5.54 Å². The molecule has 1 aliphatic rings. The molecule has 0 aliphatic heterocycles. The van der Waals surface area contributed by atoms with E-state index < -0.39 is 5.54 Å². The van der Waals surface area contributed by atoms with Crippen molar-refractivity contribution in [2.75, 3.05) is 5.75 Å². The van der Waals surface area contributed by atoms with Gasteiger partial charge >= 0.3 is 0 Å². The number of hydrogen-bond acceptors (Lipinski definition) is 5. The quantitative estimate of drug-likeness (QED) is 0.671. The Morgan fingerprint density at radius 2 is 2.16 bits per heavy atom. The predicted molar refractivity (Wildman–Crippen MR) is 97.4 cm³/mol. The van der Waals surface area contributed by atoms with Crippen LogP contribution < -0.4 is 10.9 Å². The van der Waals surface area contributed by atoms with Gasteiger partial charge in [0.05, 0.1) is 22.7 Å². The molecular formula is C18H20N4O2S. The summed E-state index contributed by atoms with van der Waals surface area (Å²) in [6, 6.07) is 7.79. The molecule has 1 amide bonds. The zero-order valence-corrected chi connectivity index (χ0v) is 15.2. The molecule has 7 heteroatoms. The second-order valence-corrected chi connectivity index (χ2v) is 7.46. The van der Waals surface area contributed by atoms with Crippen LogP contribution in [0.4, 0.5) is 0 Å². The minimum absolute atomic E-state index is 0.124. The van der Waals surface area contributed by atoms with E-state index in [-0.39, 0.29) is 17.2 Å². The summed E-state index contributed by atoms with van der Waals surface area (Å²) in [7, 11) is 1.66. The molecule has 0 saturated heterocycles. The molecule has 1 aromatic carbocycles. The maximum Gasteiger partial charge on any atom is 0.261 e. The van der Waals surface area contributed by atoms with Crippen LogP contribution in [-0.2, 0) is 11.8 Å². The number of amides is 1. The van der Waals surface area contributed by atoms with E-state index in [1.54, 1.807) is 7.05 Å². The fourth-order valence-corrected chi connectivity index (χ4v) is 3.94. The number of carbonyl (C=O) groups excluding carboxylic acids is 1. The standard InChI is InChI=1S/C18H20N4O2S/c1-12-5-6-14-13(9-12)16(24)22(2)17(20-14)25-10-15(23)21-18(11-19)7-3-4-8-18/h5-6,9H,3-4,7-8,10H2,1-2H3,(H,21,23). The van der Waals surface area contributed by atoms with Crippen LogP contribution in [0.1, 0.15) is 31.2 Å². The molecule has 3 rings (SSSR count). The predicted octanol–water partition coefficient (Wildman–Crippen LogP) is 2.29. The molecule has 2 aromatic rings. The summed E-state index contributed by atoms with van der Waals surface area (Å²) >= 11 is 1.21. The first-order valence-electron chi connectivity index (χ1n) is 8.26. The third kappa shape index (κ3) is 3.54. The molecule has 25 heavy (non-hydrogen) atoms. The Bertz CT molecular complexity index is 923. The van der Waals surface area contributed by atoms with Crippen LogP contribution in [0.5, 0.6) is 0 Å². The number of rotatable bonds is 4. The molecule has 0 spiro atoms. The summed E-state index contributed by atoms with van der Waals surface area (Å²) in [5.74, 6) is -0.0761. The molecule has 0 radical (unpaired) electrons. The highest BCUT2D eigenvalue weighted by atomic mass is 32.2. The maximum absolute atomic E-state index is 12.5. The number of fused-ring (bicyclic) bond motifs is 1. The highest BCUT2D eigenvalue weighted by Crippen LogP contribution is 2.29. The van der Waals surface area contributed by atoms with Crippen LogP contribution in [0, 0.1) is 18.3 Å². The highest BCUT2D eigenvalue weighted by molar-refractivity contribution is 7.99. The number of nitrogens with zero attached hydrogens (tertiary/aromatic N) is 3. The number of nitrogens with one attached hydrogen (secondary N) is 1. The first-order chi connectivity index (χ1) is 11.9. The fraction of sp³-hybridized carbons (Fsp3) is 0.444. The van der Waals surface area contributed by atoms with Crippen molar-refractivity contribution in [3.05, 3.63) is 34.1 Å².